The summed E-state index contributed by atoms with van der Waals surface area (Å²) in [5.74, 6) is -0.805. The van der Waals surface area contributed by atoms with E-state index in [0.717, 1.165) is 16.5 Å². The number of halogens is 1. The molecule has 34 heavy (non-hydrogen) atoms. The van der Waals surface area contributed by atoms with Gasteiger partial charge >= 0.3 is 0 Å². The summed E-state index contributed by atoms with van der Waals surface area (Å²) < 4.78 is 8.36. The van der Waals surface area contributed by atoms with E-state index in [4.69, 9.17) is 4.74 Å². The Morgan fingerprint density at radius 2 is 1.94 bits per heavy atom. The molecule has 2 heterocycles. The average Bonchev–Trinajstić information content (AvgIpc) is 3.45. The van der Waals surface area contributed by atoms with E-state index in [1.165, 1.54) is 0 Å². The Labute approximate surface area is 206 Å². The molecule has 0 radical (unpaired) electrons. The fourth-order valence-corrected chi connectivity index (χ4v) is 4.48. The number of Topliss-reactive ketones (excluding diaryl/α,β-unsaturated/α-hetero) is 1. The van der Waals surface area contributed by atoms with Crippen molar-refractivity contribution in [3.8, 4) is 5.75 Å². The molecule has 4 rings (SSSR count). The van der Waals surface area contributed by atoms with Crippen molar-refractivity contribution >= 4 is 33.4 Å². The van der Waals surface area contributed by atoms with E-state index in [9.17, 15) is 14.7 Å². The lowest BCUT2D eigenvalue weighted by Crippen LogP contribution is -2.31. The van der Waals surface area contributed by atoms with Crippen molar-refractivity contribution in [2.75, 3.05) is 13.2 Å². The van der Waals surface area contributed by atoms with Crippen molar-refractivity contribution in [1.29, 1.82) is 0 Å². The Morgan fingerprint density at radius 1 is 1.15 bits per heavy atom. The molecule has 1 aromatic heterocycles. The van der Waals surface area contributed by atoms with Crippen LogP contribution in [0.4, 0.5) is 0 Å². The third-order valence-corrected chi connectivity index (χ3v) is 6.17. The fraction of sp³-hybridized carbons (Fsp3) is 0.269. The van der Waals surface area contributed by atoms with Crippen LogP contribution < -0.4 is 4.74 Å². The van der Waals surface area contributed by atoms with Gasteiger partial charge in [-0.15, -0.1) is 0 Å². The minimum Gasteiger partial charge on any atom is -0.507 e. The van der Waals surface area contributed by atoms with Gasteiger partial charge in [-0.05, 0) is 54.8 Å². The first-order valence-corrected chi connectivity index (χ1v) is 12.0. The van der Waals surface area contributed by atoms with E-state index < -0.39 is 17.7 Å². The smallest absolute Gasteiger partial charge is 0.295 e. The summed E-state index contributed by atoms with van der Waals surface area (Å²) in [6, 6.07) is 13.7. The molecule has 0 aliphatic carbocycles. The van der Waals surface area contributed by atoms with Gasteiger partial charge in [0.25, 0.3) is 11.7 Å². The standard InChI is InChI=1S/C26H26BrN3O4/c1-2-15-34-21-9-7-18(8-10-21)24(31)22-23(19-5-3-6-20(27)16-19)30(26(33)25(22)32)13-4-12-29-14-11-28-17-29/h3,5-11,14,16-17,23,31H,2,4,12-13,15H2,1H3/b24-22+/t23-/m0/s1. The predicted molar refractivity (Wildman–Crippen MR) is 132 cm³/mol. The monoisotopic (exact) mass is 523 g/mol. The van der Waals surface area contributed by atoms with Crippen LogP contribution >= 0.6 is 15.9 Å². The van der Waals surface area contributed by atoms with E-state index in [2.05, 4.69) is 20.9 Å². The van der Waals surface area contributed by atoms with Crippen LogP contribution in [0.3, 0.4) is 0 Å². The summed E-state index contributed by atoms with van der Waals surface area (Å²) in [4.78, 5) is 31.8. The maximum Gasteiger partial charge on any atom is 0.295 e. The number of ether oxygens (including phenoxy) is 1. The summed E-state index contributed by atoms with van der Waals surface area (Å²) in [7, 11) is 0. The number of aliphatic hydroxyl groups is 1. The molecule has 2 aromatic carbocycles. The molecular formula is C26H26BrN3O4. The number of aromatic nitrogens is 2. The molecule has 0 unspecified atom stereocenters. The Balaban J connectivity index is 1.68. The van der Waals surface area contributed by atoms with Gasteiger partial charge in [0.2, 0.25) is 0 Å². The summed E-state index contributed by atoms with van der Waals surface area (Å²) in [5.41, 5.74) is 1.30. The van der Waals surface area contributed by atoms with Gasteiger partial charge in [0.15, 0.2) is 0 Å². The average molecular weight is 524 g/mol. The third-order valence-electron chi connectivity index (χ3n) is 5.68. The topological polar surface area (TPSA) is 84.7 Å². The van der Waals surface area contributed by atoms with Crippen molar-refractivity contribution in [2.45, 2.75) is 32.4 Å². The van der Waals surface area contributed by atoms with Crippen molar-refractivity contribution in [1.82, 2.24) is 14.5 Å². The van der Waals surface area contributed by atoms with Gasteiger partial charge in [-0.25, -0.2) is 4.98 Å². The van der Waals surface area contributed by atoms with Gasteiger partial charge in [0, 0.05) is 35.5 Å². The molecule has 0 saturated carbocycles. The molecule has 176 valence electrons. The van der Waals surface area contributed by atoms with Crippen molar-refractivity contribution in [3.05, 3.63) is 88.4 Å². The molecule has 7 nitrogen and oxygen atoms in total. The number of benzene rings is 2. The van der Waals surface area contributed by atoms with Gasteiger partial charge in [-0.3, -0.25) is 9.59 Å². The summed E-state index contributed by atoms with van der Waals surface area (Å²) in [6.45, 7) is 3.64. The highest BCUT2D eigenvalue weighted by atomic mass is 79.9. The maximum absolute atomic E-state index is 13.1. The number of hydrogen-bond acceptors (Lipinski definition) is 5. The second kappa shape index (κ2) is 10.7. The number of ketones is 1. The van der Waals surface area contributed by atoms with Gasteiger partial charge < -0.3 is 19.3 Å². The minimum atomic E-state index is -0.684. The first-order valence-electron chi connectivity index (χ1n) is 11.2. The molecule has 1 aliphatic heterocycles. The van der Waals surface area contributed by atoms with Crippen LogP contribution in [0.25, 0.3) is 5.76 Å². The molecule has 1 aliphatic rings. The number of carbonyl (C=O) groups excluding carboxylic acids is 2. The van der Waals surface area contributed by atoms with Crippen molar-refractivity contribution in [2.24, 2.45) is 0 Å². The van der Waals surface area contributed by atoms with Crippen LogP contribution in [0, 0.1) is 0 Å². The van der Waals surface area contributed by atoms with Crippen molar-refractivity contribution < 1.29 is 19.4 Å². The zero-order chi connectivity index (χ0) is 24.1. The minimum absolute atomic E-state index is 0.0907. The number of amides is 1. The highest BCUT2D eigenvalue weighted by Crippen LogP contribution is 2.40. The quantitative estimate of drug-likeness (QED) is 0.243. The number of hydrogen-bond donors (Lipinski definition) is 1. The van der Waals surface area contributed by atoms with Gasteiger partial charge in [-0.2, -0.15) is 0 Å². The predicted octanol–water partition coefficient (Wildman–Crippen LogP) is 4.95. The molecule has 3 aromatic rings. The molecule has 1 saturated heterocycles. The number of aryl methyl sites for hydroxylation is 1. The van der Waals surface area contributed by atoms with Gasteiger partial charge in [0.1, 0.15) is 11.5 Å². The molecule has 0 spiro atoms. The lowest BCUT2D eigenvalue weighted by Gasteiger charge is -2.25. The lowest BCUT2D eigenvalue weighted by atomic mass is 9.95. The Kier molecular flexibility index (Phi) is 7.47. The van der Waals surface area contributed by atoms with E-state index in [-0.39, 0.29) is 11.3 Å². The second-order valence-corrected chi connectivity index (χ2v) is 8.99. The lowest BCUT2D eigenvalue weighted by molar-refractivity contribution is -0.139. The molecule has 1 amide bonds. The zero-order valence-electron chi connectivity index (χ0n) is 18.9. The van der Waals surface area contributed by atoms with E-state index in [0.29, 0.717) is 37.4 Å². The first kappa shape index (κ1) is 23.8. The largest absolute Gasteiger partial charge is 0.507 e. The van der Waals surface area contributed by atoms with Crippen LogP contribution in [0.1, 0.15) is 36.9 Å². The highest BCUT2D eigenvalue weighted by Gasteiger charge is 2.45. The molecule has 1 fully saturated rings. The van der Waals surface area contributed by atoms with Crippen molar-refractivity contribution in [3.63, 3.8) is 0 Å². The summed E-state index contributed by atoms with van der Waals surface area (Å²) in [5, 5.41) is 11.2. The number of rotatable bonds is 9. The Bertz CT molecular complexity index is 1190. The van der Waals surface area contributed by atoms with E-state index in [1.54, 1.807) is 41.7 Å². The molecular weight excluding hydrogens is 498 g/mol. The van der Waals surface area contributed by atoms with Crippen LogP contribution in [-0.4, -0.2) is 44.4 Å². The number of aliphatic hydroxyl groups excluding tert-OH is 1. The van der Waals surface area contributed by atoms with Crippen LogP contribution in [-0.2, 0) is 16.1 Å². The Hall–Kier alpha value is -3.39. The van der Waals surface area contributed by atoms with E-state index in [1.807, 2.05) is 42.0 Å². The number of nitrogens with zero attached hydrogens (tertiary/aromatic N) is 3. The third kappa shape index (κ3) is 5.07. The zero-order valence-corrected chi connectivity index (χ0v) is 20.4. The number of carbonyl (C=O) groups is 2. The highest BCUT2D eigenvalue weighted by molar-refractivity contribution is 9.10. The number of imidazole rings is 1. The maximum atomic E-state index is 13.1. The Morgan fingerprint density at radius 3 is 2.62 bits per heavy atom. The van der Waals surface area contributed by atoms with Crippen LogP contribution in [0.15, 0.2) is 77.3 Å². The number of likely N-dealkylation sites (tertiary alicyclic amines) is 1. The first-order chi connectivity index (χ1) is 16.5. The van der Waals surface area contributed by atoms with E-state index >= 15 is 0 Å². The molecule has 1 atom stereocenters. The van der Waals surface area contributed by atoms with Gasteiger partial charge in [-0.1, -0.05) is 35.0 Å². The second-order valence-electron chi connectivity index (χ2n) is 8.07. The fourth-order valence-electron chi connectivity index (χ4n) is 4.06. The van der Waals surface area contributed by atoms with Crippen LogP contribution in [0.5, 0.6) is 5.75 Å². The summed E-state index contributed by atoms with van der Waals surface area (Å²) in [6.07, 6.45) is 6.80. The normalized spacial score (nSPS) is 17.4. The summed E-state index contributed by atoms with van der Waals surface area (Å²) >= 11 is 3.48. The molecule has 0 bridgehead atoms. The van der Waals surface area contributed by atoms with Gasteiger partial charge in [0.05, 0.1) is 24.5 Å². The molecule has 1 N–H and O–H groups in total. The van der Waals surface area contributed by atoms with Crippen LogP contribution in [0.2, 0.25) is 0 Å². The molecule has 8 heteroatoms. The SMILES string of the molecule is CCCOc1ccc(/C(O)=C2\C(=O)C(=O)N(CCCn3ccnc3)[C@H]2c2cccc(Br)c2)cc1.